The zero-order chi connectivity index (χ0) is 23.9. The number of phenols is 2. The molecule has 0 unspecified atom stereocenters. The van der Waals surface area contributed by atoms with Crippen molar-refractivity contribution in [2.45, 2.75) is 39.0 Å². The van der Waals surface area contributed by atoms with E-state index in [4.69, 9.17) is 4.74 Å². The van der Waals surface area contributed by atoms with Crippen LogP contribution in [0.3, 0.4) is 0 Å². The van der Waals surface area contributed by atoms with Crippen LogP contribution in [0.1, 0.15) is 38.2 Å². The second-order valence-corrected chi connectivity index (χ2v) is 8.37. The van der Waals surface area contributed by atoms with Crippen LogP contribution in [0.2, 0.25) is 0 Å². The monoisotopic (exact) mass is 614 g/mol. The van der Waals surface area contributed by atoms with Gasteiger partial charge in [-0.05, 0) is 48.7 Å². The molecule has 5 nitrogen and oxygen atoms in total. The van der Waals surface area contributed by atoms with Crippen molar-refractivity contribution in [2.24, 2.45) is 0 Å². The van der Waals surface area contributed by atoms with E-state index in [0.29, 0.717) is 17.1 Å². The molecule has 2 aromatic carbocycles. The maximum absolute atomic E-state index is 10.8. The minimum atomic E-state index is 0. The molecule has 2 heterocycles. The van der Waals surface area contributed by atoms with Crippen molar-refractivity contribution in [3.8, 4) is 50.9 Å². The van der Waals surface area contributed by atoms with Gasteiger partial charge in [0, 0.05) is 34.6 Å². The molecule has 0 amide bonds. The molecular formula is C29H30Cl3MnN2O3. The third-order valence-corrected chi connectivity index (χ3v) is 6.03. The molecule has 0 spiro atoms. The van der Waals surface area contributed by atoms with Crippen LogP contribution in [0.15, 0.2) is 73.1 Å². The standard InChI is InChI=1S/C29H30N2O3.3ClH.Mn/c1-3-4-5-6-8-20-9-7-10-24(29(20)33)21-11-14-26(30-18-21)27-15-12-22(19-31-27)25-17-23(34-2)13-16-28(25)32;;;;/h7,9-19,32-33H,3-6,8H2,1-2H3;3*1H;/q;;;;+3/p-3. The van der Waals surface area contributed by atoms with Gasteiger partial charge in [-0.2, -0.15) is 0 Å². The molecule has 0 bridgehead atoms. The molecule has 2 N–H and O–H groups in total. The van der Waals surface area contributed by atoms with E-state index >= 15 is 0 Å². The number of aromatic nitrogens is 2. The van der Waals surface area contributed by atoms with Crippen molar-refractivity contribution < 1.29 is 69.2 Å². The number of nitrogens with zero attached hydrogens (tertiary/aromatic N) is 2. The number of methoxy groups -OCH3 is 1. The fraction of sp³-hybridized carbons (Fsp3) is 0.241. The Kier molecular flexibility index (Phi) is 16.1. The van der Waals surface area contributed by atoms with Crippen LogP contribution in [0.5, 0.6) is 17.2 Å². The number of aromatic hydroxyl groups is 2. The molecule has 4 aromatic rings. The van der Waals surface area contributed by atoms with Gasteiger partial charge in [0.1, 0.15) is 17.2 Å². The summed E-state index contributed by atoms with van der Waals surface area (Å²) in [5, 5.41) is 21.0. The van der Waals surface area contributed by atoms with Crippen LogP contribution in [-0.2, 0) is 23.5 Å². The number of rotatable bonds is 9. The van der Waals surface area contributed by atoms with Crippen molar-refractivity contribution in [3.63, 3.8) is 0 Å². The topological polar surface area (TPSA) is 75.5 Å². The first-order valence-electron chi connectivity index (χ1n) is 11.7. The first-order chi connectivity index (χ1) is 16.6. The van der Waals surface area contributed by atoms with Crippen molar-refractivity contribution in [1.29, 1.82) is 0 Å². The summed E-state index contributed by atoms with van der Waals surface area (Å²) in [5.41, 5.74) is 5.56. The van der Waals surface area contributed by atoms with E-state index in [0.717, 1.165) is 46.5 Å². The van der Waals surface area contributed by atoms with Crippen LogP contribution in [0.4, 0.5) is 0 Å². The van der Waals surface area contributed by atoms with Crippen molar-refractivity contribution >= 4 is 0 Å². The summed E-state index contributed by atoms with van der Waals surface area (Å²) in [6.07, 6.45) is 9.05. The summed E-state index contributed by atoms with van der Waals surface area (Å²) >= 11 is 0. The number of hydrogen-bond donors (Lipinski definition) is 2. The van der Waals surface area contributed by atoms with E-state index in [1.165, 1.54) is 19.3 Å². The van der Waals surface area contributed by atoms with Crippen molar-refractivity contribution in [1.82, 2.24) is 9.97 Å². The molecular weight excluding hydrogens is 586 g/mol. The molecule has 2 aromatic heterocycles. The number of hydrogen-bond acceptors (Lipinski definition) is 5. The van der Waals surface area contributed by atoms with Gasteiger partial charge in [-0.15, -0.1) is 0 Å². The first kappa shape index (κ1) is 35.5. The molecule has 202 valence electrons. The maximum Gasteiger partial charge on any atom is 3.00 e. The molecule has 0 fully saturated rings. The van der Waals surface area contributed by atoms with Gasteiger partial charge in [0.15, 0.2) is 0 Å². The predicted octanol–water partition coefficient (Wildman–Crippen LogP) is -1.97. The second-order valence-electron chi connectivity index (χ2n) is 8.37. The van der Waals surface area contributed by atoms with Gasteiger partial charge in [0.25, 0.3) is 0 Å². The van der Waals surface area contributed by atoms with E-state index in [1.54, 1.807) is 37.7 Å². The summed E-state index contributed by atoms with van der Waals surface area (Å²) in [5.74, 6) is 1.18. The van der Waals surface area contributed by atoms with Gasteiger partial charge < -0.3 is 52.2 Å². The summed E-state index contributed by atoms with van der Waals surface area (Å²) in [4.78, 5) is 9.13. The molecule has 9 heteroatoms. The largest absolute Gasteiger partial charge is 3.00 e. The first-order valence-corrected chi connectivity index (χ1v) is 11.7. The number of pyridine rings is 2. The second kappa shape index (κ2) is 17.2. The van der Waals surface area contributed by atoms with Crippen LogP contribution in [-0.4, -0.2) is 27.3 Å². The number of halogens is 3. The zero-order valence-electron chi connectivity index (χ0n) is 21.2. The molecule has 0 atom stereocenters. The minimum Gasteiger partial charge on any atom is -1.00 e. The van der Waals surface area contributed by atoms with Gasteiger partial charge in [-0.1, -0.05) is 56.5 Å². The smallest absolute Gasteiger partial charge is 1.00 e. The summed E-state index contributed by atoms with van der Waals surface area (Å²) in [6.45, 7) is 2.20. The van der Waals surface area contributed by atoms with E-state index in [-0.39, 0.29) is 60.0 Å². The molecule has 0 saturated carbocycles. The van der Waals surface area contributed by atoms with Crippen LogP contribution < -0.4 is 42.0 Å². The Morgan fingerprint density at radius 1 is 0.737 bits per heavy atom. The van der Waals surface area contributed by atoms with Gasteiger partial charge in [0.05, 0.1) is 18.5 Å². The average Bonchev–Trinajstić information content (AvgIpc) is 2.88. The summed E-state index contributed by atoms with van der Waals surface area (Å²) in [7, 11) is 1.59. The van der Waals surface area contributed by atoms with Gasteiger partial charge in [-0.3, -0.25) is 9.97 Å². The molecule has 0 saturated heterocycles. The fourth-order valence-corrected chi connectivity index (χ4v) is 4.05. The molecule has 4 rings (SSSR count). The Morgan fingerprint density at radius 3 is 1.92 bits per heavy atom. The third-order valence-electron chi connectivity index (χ3n) is 6.03. The Balaban J connectivity index is 0.00000342. The molecule has 0 aliphatic carbocycles. The number of phenolic OH excluding ortho intramolecular Hbond substituents is 2. The molecule has 38 heavy (non-hydrogen) atoms. The Labute approximate surface area is 253 Å². The average molecular weight is 616 g/mol. The van der Waals surface area contributed by atoms with Crippen LogP contribution in [0, 0.1) is 0 Å². The van der Waals surface area contributed by atoms with E-state index in [1.807, 2.05) is 42.5 Å². The van der Waals surface area contributed by atoms with Gasteiger partial charge >= 0.3 is 17.1 Å². The number of para-hydroxylation sites is 1. The quantitative estimate of drug-likeness (QED) is 0.169. The van der Waals surface area contributed by atoms with Gasteiger partial charge in [-0.25, -0.2) is 0 Å². The zero-order valence-corrected chi connectivity index (χ0v) is 24.6. The Bertz CT molecular complexity index is 1260. The summed E-state index contributed by atoms with van der Waals surface area (Å²) < 4.78 is 5.26. The van der Waals surface area contributed by atoms with Crippen molar-refractivity contribution in [2.75, 3.05) is 7.11 Å². The molecule has 0 aliphatic rings. The number of aryl methyl sites for hydroxylation is 1. The van der Waals surface area contributed by atoms with E-state index in [2.05, 4.69) is 16.9 Å². The molecule has 0 aliphatic heterocycles. The maximum atomic E-state index is 10.8. The van der Waals surface area contributed by atoms with E-state index in [9.17, 15) is 10.2 Å². The third kappa shape index (κ3) is 8.52. The van der Waals surface area contributed by atoms with Crippen molar-refractivity contribution in [3.05, 3.63) is 78.6 Å². The number of ether oxygens (including phenoxy) is 1. The molecule has 0 radical (unpaired) electrons. The fourth-order valence-electron chi connectivity index (χ4n) is 4.05. The normalized spacial score (nSPS) is 9.74. The van der Waals surface area contributed by atoms with Crippen LogP contribution in [0.25, 0.3) is 33.6 Å². The van der Waals surface area contributed by atoms with Crippen LogP contribution >= 0.6 is 0 Å². The Morgan fingerprint density at radius 2 is 1.37 bits per heavy atom. The van der Waals surface area contributed by atoms with E-state index < -0.39 is 0 Å². The minimum absolute atomic E-state index is 0. The SMILES string of the molecule is CCCCCCc1cccc(-c2ccc(-c3ccc(-c4cc(OC)ccc4O)cn3)nc2)c1O.[Cl-].[Cl-].[Cl-].[Mn+3]. The number of unbranched alkanes of at least 4 members (excludes halogenated alkanes) is 3. The summed E-state index contributed by atoms with van der Waals surface area (Å²) in [6, 6.07) is 18.7. The Hall–Kier alpha value is -2.47. The van der Waals surface area contributed by atoms with Gasteiger partial charge in [0.2, 0.25) is 0 Å². The number of benzene rings is 2. The predicted molar refractivity (Wildman–Crippen MR) is 136 cm³/mol.